The molecule has 0 saturated heterocycles. The van der Waals surface area contributed by atoms with Gasteiger partial charge in [-0.1, -0.05) is 35.3 Å². The van der Waals surface area contributed by atoms with Crippen molar-refractivity contribution in [3.8, 4) is 0 Å². The Balaban J connectivity index is 1.80. The number of nitrogens with zero attached hydrogens (tertiary/aromatic N) is 1. The normalized spacial score (nSPS) is 10.5. The lowest BCUT2D eigenvalue weighted by Gasteiger charge is -2.16. The van der Waals surface area contributed by atoms with E-state index >= 15 is 0 Å². The van der Waals surface area contributed by atoms with Gasteiger partial charge in [-0.05, 0) is 43.4 Å². The first-order chi connectivity index (χ1) is 11.4. The number of carbonyl (C=O) groups is 2. The number of rotatable bonds is 6. The summed E-state index contributed by atoms with van der Waals surface area (Å²) < 4.78 is 0. The summed E-state index contributed by atoms with van der Waals surface area (Å²) in [5, 5.41) is 6.52. The molecule has 0 aromatic heterocycles. The van der Waals surface area contributed by atoms with E-state index in [0.29, 0.717) is 21.4 Å². The van der Waals surface area contributed by atoms with Gasteiger partial charge in [0, 0.05) is 10.7 Å². The van der Waals surface area contributed by atoms with Crippen molar-refractivity contribution in [2.75, 3.05) is 30.8 Å². The molecule has 0 heterocycles. The summed E-state index contributed by atoms with van der Waals surface area (Å²) >= 11 is 11.8. The van der Waals surface area contributed by atoms with Gasteiger partial charge in [-0.25, -0.2) is 0 Å². The van der Waals surface area contributed by atoms with Crippen molar-refractivity contribution >= 4 is 46.4 Å². The molecule has 2 aromatic rings. The molecule has 2 amide bonds. The zero-order valence-corrected chi connectivity index (χ0v) is 14.6. The Morgan fingerprint density at radius 3 is 2.12 bits per heavy atom. The lowest BCUT2D eigenvalue weighted by Crippen LogP contribution is -2.36. The van der Waals surface area contributed by atoms with Crippen molar-refractivity contribution in [3.63, 3.8) is 0 Å². The van der Waals surface area contributed by atoms with Crippen molar-refractivity contribution in [3.05, 3.63) is 58.6 Å². The van der Waals surface area contributed by atoms with Crippen LogP contribution in [-0.2, 0) is 9.59 Å². The van der Waals surface area contributed by atoms with Gasteiger partial charge >= 0.3 is 0 Å². The van der Waals surface area contributed by atoms with Gasteiger partial charge in [-0.2, -0.15) is 0 Å². The predicted octanol–water partition coefficient (Wildman–Crippen LogP) is 3.50. The van der Waals surface area contributed by atoms with Crippen molar-refractivity contribution < 1.29 is 9.59 Å². The average molecular weight is 366 g/mol. The summed E-state index contributed by atoms with van der Waals surface area (Å²) in [5.74, 6) is -0.463. The molecule has 0 radical (unpaired) electrons. The molecule has 0 unspecified atom stereocenters. The first kappa shape index (κ1) is 18.3. The number of benzene rings is 2. The SMILES string of the molecule is CN(CC(=O)Nc1ccc(Cl)cc1)CC(=O)Nc1ccccc1Cl. The number of amides is 2. The van der Waals surface area contributed by atoms with Crippen molar-refractivity contribution in [2.45, 2.75) is 0 Å². The van der Waals surface area contributed by atoms with Crippen LogP contribution in [0.5, 0.6) is 0 Å². The molecule has 0 saturated carbocycles. The van der Waals surface area contributed by atoms with Crippen LogP contribution in [-0.4, -0.2) is 36.9 Å². The van der Waals surface area contributed by atoms with Crippen LogP contribution >= 0.6 is 23.2 Å². The first-order valence-corrected chi connectivity index (χ1v) is 7.98. The van der Waals surface area contributed by atoms with Crippen LogP contribution in [0, 0.1) is 0 Å². The second-order valence-electron chi connectivity index (χ2n) is 5.26. The van der Waals surface area contributed by atoms with Gasteiger partial charge < -0.3 is 10.6 Å². The lowest BCUT2D eigenvalue weighted by atomic mass is 10.3. The van der Waals surface area contributed by atoms with Crippen molar-refractivity contribution in [1.29, 1.82) is 0 Å². The number of anilines is 2. The highest BCUT2D eigenvalue weighted by molar-refractivity contribution is 6.33. The number of likely N-dealkylation sites (N-methyl/N-ethyl adjacent to an activating group) is 1. The highest BCUT2D eigenvalue weighted by atomic mass is 35.5. The average Bonchev–Trinajstić information content (AvgIpc) is 2.51. The zero-order chi connectivity index (χ0) is 17.5. The maximum atomic E-state index is 12.0. The summed E-state index contributed by atoms with van der Waals surface area (Å²) in [6.07, 6.45) is 0. The van der Waals surface area contributed by atoms with Crippen molar-refractivity contribution in [1.82, 2.24) is 4.90 Å². The van der Waals surface area contributed by atoms with Gasteiger partial charge in [0.1, 0.15) is 0 Å². The molecule has 5 nitrogen and oxygen atoms in total. The maximum Gasteiger partial charge on any atom is 0.238 e. The number of halogens is 2. The molecule has 0 aliphatic heterocycles. The summed E-state index contributed by atoms with van der Waals surface area (Å²) in [6, 6.07) is 13.8. The molecular formula is C17H17Cl2N3O2. The second-order valence-corrected chi connectivity index (χ2v) is 6.10. The Morgan fingerprint density at radius 2 is 1.50 bits per heavy atom. The van der Waals surface area contributed by atoms with Gasteiger partial charge in [-0.15, -0.1) is 0 Å². The topological polar surface area (TPSA) is 61.4 Å². The number of nitrogens with one attached hydrogen (secondary N) is 2. The van der Waals surface area contributed by atoms with E-state index in [1.165, 1.54) is 0 Å². The number of hydrogen-bond donors (Lipinski definition) is 2. The summed E-state index contributed by atoms with van der Waals surface area (Å²) in [7, 11) is 1.69. The van der Waals surface area contributed by atoms with Crippen LogP contribution < -0.4 is 10.6 Å². The smallest absolute Gasteiger partial charge is 0.238 e. The van der Waals surface area contributed by atoms with Gasteiger partial charge in [0.15, 0.2) is 0 Å². The first-order valence-electron chi connectivity index (χ1n) is 7.22. The van der Waals surface area contributed by atoms with Gasteiger partial charge in [-0.3, -0.25) is 14.5 Å². The molecule has 0 aliphatic carbocycles. The van der Waals surface area contributed by atoms with E-state index < -0.39 is 0 Å². The van der Waals surface area contributed by atoms with Gasteiger partial charge in [0.25, 0.3) is 0 Å². The standard InChI is InChI=1S/C17H17Cl2N3O2/c1-22(10-16(23)20-13-8-6-12(18)7-9-13)11-17(24)21-15-5-3-2-4-14(15)19/h2-9H,10-11H2,1H3,(H,20,23)(H,21,24). The molecule has 126 valence electrons. The molecule has 0 fully saturated rings. The fourth-order valence-electron chi connectivity index (χ4n) is 2.03. The summed E-state index contributed by atoms with van der Waals surface area (Å²) in [6.45, 7) is 0.151. The number of hydrogen-bond acceptors (Lipinski definition) is 3. The van der Waals surface area contributed by atoms with E-state index in [0.717, 1.165) is 0 Å². The molecule has 0 atom stereocenters. The summed E-state index contributed by atoms with van der Waals surface area (Å²) in [5.41, 5.74) is 1.20. The number of para-hydroxylation sites is 1. The third-order valence-electron chi connectivity index (χ3n) is 3.10. The van der Waals surface area contributed by atoms with E-state index in [1.807, 2.05) is 0 Å². The third-order valence-corrected chi connectivity index (χ3v) is 3.68. The monoisotopic (exact) mass is 365 g/mol. The Kier molecular flexibility index (Phi) is 6.61. The van der Waals surface area contributed by atoms with Crippen molar-refractivity contribution in [2.24, 2.45) is 0 Å². The van der Waals surface area contributed by atoms with Gasteiger partial charge in [0.05, 0.1) is 23.8 Å². The van der Waals surface area contributed by atoms with E-state index in [1.54, 1.807) is 60.5 Å². The molecule has 24 heavy (non-hydrogen) atoms. The van der Waals surface area contributed by atoms with Crippen LogP contribution in [0.4, 0.5) is 11.4 Å². The van der Waals surface area contributed by atoms with Gasteiger partial charge in [0.2, 0.25) is 11.8 Å². The van der Waals surface area contributed by atoms with Crippen LogP contribution in [0.2, 0.25) is 10.0 Å². The minimum absolute atomic E-state index is 0.0687. The molecule has 0 spiro atoms. The van der Waals surface area contributed by atoms with E-state index in [-0.39, 0.29) is 24.9 Å². The Hall–Kier alpha value is -2.08. The summed E-state index contributed by atoms with van der Waals surface area (Å²) in [4.78, 5) is 25.6. The quantitative estimate of drug-likeness (QED) is 0.823. The minimum Gasteiger partial charge on any atom is -0.325 e. The van der Waals surface area contributed by atoms with E-state index in [9.17, 15) is 9.59 Å². The molecule has 2 rings (SSSR count). The highest BCUT2D eigenvalue weighted by Gasteiger charge is 2.12. The largest absolute Gasteiger partial charge is 0.325 e. The molecule has 2 aromatic carbocycles. The Morgan fingerprint density at radius 1 is 0.917 bits per heavy atom. The number of carbonyl (C=O) groups excluding carboxylic acids is 2. The van der Waals surface area contributed by atoms with Crippen LogP contribution in [0.1, 0.15) is 0 Å². The highest BCUT2D eigenvalue weighted by Crippen LogP contribution is 2.20. The lowest BCUT2D eigenvalue weighted by molar-refractivity contribution is -0.119. The maximum absolute atomic E-state index is 12.0. The third kappa shape index (κ3) is 5.85. The van der Waals surface area contributed by atoms with E-state index in [2.05, 4.69) is 10.6 Å². The Bertz CT molecular complexity index is 720. The van der Waals surface area contributed by atoms with Crippen LogP contribution in [0.15, 0.2) is 48.5 Å². The van der Waals surface area contributed by atoms with Crippen LogP contribution in [0.3, 0.4) is 0 Å². The Labute approximate surface area is 150 Å². The molecule has 7 heteroatoms. The van der Waals surface area contributed by atoms with E-state index in [4.69, 9.17) is 23.2 Å². The fourth-order valence-corrected chi connectivity index (χ4v) is 2.34. The molecule has 0 bridgehead atoms. The van der Waals surface area contributed by atoms with Crippen LogP contribution in [0.25, 0.3) is 0 Å². The molecule has 0 aliphatic rings. The molecular weight excluding hydrogens is 349 g/mol. The predicted molar refractivity (Wildman–Crippen MR) is 97.7 cm³/mol. The minimum atomic E-state index is -0.245. The molecule has 2 N–H and O–H groups in total. The zero-order valence-electron chi connectivity index (χ0n) is 13.1. The second kappa shape index (κ2) is 8.68. The fraction of sp³-hybridized carbons (Fsp3) is 0.176.